The number of aliphatic hydroxyl groups is 1. The van der Waals surface area contributed by atoms with Gasteiger partial charge in [-0.25, -0.2) is 0 Å². The van der Waals surface area contributed by atoms with Gasteiger partial charge in [-0.2, -0.15) is 0 Å². The van der Waals surface area contributed by atoms with Crippen molar-refractivity contribution in [2.24, 2.45) is 5.92 Å². The van der Waals surface area contributed by atoms with Gasteiger partial charge in [0, 0.05) is 0 Å². The standard InChI is InChI=1S/C60H122O/c1-5-9-13-17-21-24-26-28-30-32-33-34-35-36-38-40-42-45-48-52-56-59(55-51-47-44-23-19-15-11-7-3)60(61,57-53-49-20-16-12-8-4)58-54-50-46-43-41-39-37-31-29-27-25-22-18-14-10-6-2/h59,61H,5-58H2,1-4H3. The Balaban J connectivity index is 4.61. The van der Waals surface area contributed by atoms with Gasteiger partial charge in [-0.3, -0.25) is 0 Å². The van der Waals surface area contributed by atoms with E-state index in [4.69, 9.17) is 0 Å². The summed E-state index contributed by atoms with van der Waals surface area (Å²) in [5.74, 6) is 0.523. The fourth-order valence-corrected chi connectivity index (χ4v) is 10.6. The van der Waals surface area contributed by atoms with Gasteiger partial charge >= 0.3 is 0 Å². The van der Waals surface area contributed by atoms with E-state index >= 15 is 0 Å². The van der Waals surface area contributed by atoms with E-state index in [1.165, 1.54) is 334 Å². The molecule has 1 nitrogen and oxygen atoms in total. The molecule has 1 heteroatoms. The zero-order valence-electron chi connectivity index (χ0n) is 43.7. The molecule has 0 aliphatic heterocycles. The van der Waals surface area contributed by atoms with E-state index in [0.717, 1.165) is 12.8 Å². The van der Waals surface area contributed by atoms with Crippen LogP contribution in [-0.4, -0.2) is 10.7 Å². The summed E-state index contributed by atoms with van der Waals surface area (Å²) < 4.78 is 0. The molecule has 0 amide bonds. The number of hydrogen-bond acceptors (Lipinski definition) is 1. The summed E-state index contributed by atoms with van der Waals surface area (Å²) in [5, 5.41) is 12.6. The van der Waals surface area contributed by atoms with E-state index in [9.17, 15) is 5.11 Å². The normalized spacial score (nSPS) is 13.3. The van der Waals surface area contributed by atoms with Crippen LogP contribution < -0.4 is 0 Å². The molecule has 0 aromatic heterocycles. The third-order valence-electron chi connectivity index (χ3n) is 15.0. The second-order valence-electron chi connectivity index (χ2n) is 21.1. The van der Waals surface area contributed by atoms with Crippen LogP contribution in [0.1, 0.15) is 374 Å². The van der Waals surface area contributed by atoms with Gasteiger partial charge in [-0.1, -0.05) is 349 Å². The molecule has 0 saturated heterocycles. The fourth-order valence-electron chi connectivity index (χ4n) is 10.6. The van der Waals surface area contributed by atoms with Crippen molar-refractivity contribution >= 4 is 0 Å². The largest absolute Gasteiger partial charge is 0.390 e. The Labute approximate surface area is 389 Å². The molecular weight excluding hydrogens is 737 g/mol. The summed E-state index contributed by atoms with van der Waals surface area (Å²) in [6.45, 7) is 9.29. The Morgan fingerprint density at radius 1 is 0.213 bits per heavy atom. The van der Waals surface area contributed by atoms with Crippen molar-refractivity contribution < 1.29 is 5.11 Å². The Kier molecular flexibility index (Phi) is 52.5. The predicted molar refractivity (Wildman–Crippen MR) is 280 cm³/mol. The maximum atomic E-state index is 12.6. The third kappa shape index (κ3) is 46.3. The first kappa shape index (κ1) is 61.0. The van der Waals surface area contributed by atoms with Crippen LogP contribution in [-0.2, 0) is 0 Å². The molecular formula is C60H122O. The second-order valence-corrected chi connectivity index (χ2v) is 21.1. The van der Waals surface area contributed by atoms with Crippen molar-refractivity contribution in [3.8, 4) is 0 Å². The van der Waals surface area contributed by atoms with E-state index in [0.29, 0.717) is 5.92 Å². The van der Waals surface area contributed by atoms with E-state index in [1.54, 1.807) is 0 Å². The molecule has 0 spiro atoms. The molecule has 0 aliphatic rings. The monoisotopic (exact) mass is 859 g/mol. The molecule has 368 valence electrons. The molecule has 1 N–H and O–H groups in total. The highest BCUT2D eigenvalue weighted by atomic mass is 16.3. The van der Waals surface area contributed by atoms with E-state index in [1.807, 2.05) is 0 Å². The van der Waals surface area contributed by atoms with Crippen LogP contribution in [0.3, 0.4) is 0 Å². The Morgan fingerprint density at radius 3 is 0.541 bits per heavy atom. The highest BCUT2D eigenvalue weighted by molar-refractivity contribution is 4.87. The van der Waals surface area contributed by atoms with Crippen molar-refractivity contribution in [3.63, 3.8) is 0 Å². The minimum absolute atomic E-state index is 0.421. The summed E-state index contributed by atoms with van der Waals surface area (Å²) >= 11 is 0. The van der Waals surface area contributed by atoms with Crippen LogP contribution in [0.15, 0.2) is 0 Å². The van der Waals surface area contributed by atoms with Crippen LogP contribution >= 0.6 is 0 Å². The topological polar surface area (TPSA) is 20.2 Å². The molecule has 61 heavy (non-hydrogen) atoms. The fraction of sp³-hybridized carbons (Fsp3) is 1.00. The zero-order valence-corrected chi connectivity index (χ0v) is 43.7. The third-order valence-corrected chi connectivity index (χ3v) is 15.0. The lowest BCUT2D eigenvalue weighted by Crippen LogP contribution is -2.38. The van der Waals surface area contributed by atoms with E-state index in [-0.39, 0.29) is 0 Å². The van der Waals surface area contributed by atoms with E-state index in [2.05, 4.69) is 27.7 Å². The van der Waals surface area contributed by atoms with Crippen molar-refractivity contribution in [1.82, 2.24) is 0 Å². The second kappa shape index (κ2) is 52.6. The van der Waals surface area contributed by atoms with Gasteiger partial charge in [0.2, 0.25) is 0 Å². The molecule has 0 bridgehead atoms. The minimum atomic E-state index is -0.421. The number of unbranched alkanes of at least 4 members (excludes halogenated alkanes) is 46. The van der Waals surface area contributed by atoms with Crippen LogP contribution in [0.5, 0.6) is 0 Å². The van der Waals surface area contributed by atoms with Crippen LogP contribution in [0, 0.1) is 5.92 Å². The summed E-state index contributed by atoms with van der Waals surface area (Å²) in [6.07, 6.45) is 75.5. The van der Waals surface area contributed by atoms with Gasteiger partial charge in [0.25, 0.3) is 0 Å². The summed E-state index contributed by atoms with van der Waals surface area (Å²) in [6, 6.07) is 0. The average molecular weight is 860 g/mol. The molecule has 0 aliphatic carbocycles. The van der Waals surface area contributed by atoms with Gasteiger partial charge in [0.05, 0.1) is 5.60 Å². The summed E-state index contributed by atoms with van der Waals surface area (Å²) in [5.41, 5.74) is -0.421. The molecule has 0 aromatic carbocycles. The quantitative estimate of drug-likeness (QED) is 0.0604. The lowest BCUT2D eigenvalue weighted by Gasteiger charge is -2.37. The summed E-state index contributed by atoms with van der Waals surface area (Å²) in [7, 11) is 0. The van der Waals surface area contributed by atoms with E-state index < -0.39 is 5.60 Å². The van der Waals surface area contributed by atoms with Crippen molar-refractivity contribution in [1.29, 1.82) is 0 Å². The maximum Gasteiger partial charge on any atom is 0.0675 e. The lowest BCUT2D eigenvalue weighted by atomic mass is 9.74. The first-order chi connectivity index (χ1) is 30.1. The van der Waals surface area contributed by atoms with Crippen LogP contribution in [0.4, 0.5) is 0 Å². The molecule has 0 fully saturated rings. The van der Waals surface area contributed by atoms with Crippen LogP contribution in [0.25, 0.3) is 0 Å². The first-order valence-corrected chi connectivity index (χ1v) is 29.9. The van der Waals surface area contributed by atoms with Gasteiger partial charge in [0.15, 0.2) is 0 Å². The molecule has 0 radical (unpaired) electrons. The average Bonchev–Trinajstić information content (AvgIpc) is 3.26. The number of hydrogen-bond donors (Lipinski definition) is 1. The van der Waals surface area contributed by atoms with Crippen LogP contribution in [0.2, 0.25) is 0 Å². The smallest absolute Gasteiger partial charge is 0.0675 e. The van der Waals surface area contributed by atoms with Gasteiger partial charge < -0.3 is 5.11 Å². The van der Waals surface area contributed by atoms with Gasteiger partial charge in [0.1, 0.15) is 0 Å². The van der Waals surface area contributed by atoms with Gasteiger partial charge in [-0.15, -0.1) is 0 Å². The zero-order chi connectivity index (χ0) is 44.3. The SMILES string of the molecule is CCCCCCCCCCCCCCCCCCCCCCC(CCCCCCCCCC)C(O)(CCCCCCCC)CCCCCCCCCCCCCCCCCC. The molecule has 0 rings (SSSR count). The summed E-state index contributed by atoms with van der Waals surface area (Å²) in [4.78, 5) is 0. The molecule has 0 saturated carbocycles. The maximum absolute atomic E-state index is 12.6. The molecule has 2 atom stereocenters. The Hall–Kier alpha value is -0.0400. The molecule has 0 heterocycles. The highest BCUT2D eigenvalue weighted by Gasteiger charge is 2.34. The first-order valence-electron chi connectivity index (χ1n) is 29.9. The van der Waals surface area contributed by atoms with Crippen molar-refractivity contribution in [2.45, 2.75) is 380 Å². The Morgan fingerprint density at radius 2 is 0.361 bits per heavy atom. The number of rotatable bonds is 55. The van der Waals surface area contributed by atoms with Gasteiger partial charge in [-0.05, 0) is 31.6 Å². The van der Waals surface area contributed by atoms with Crippen molar-refractivity contribution in [2.75, 3.05) is 0 Å². The van der Waals surface area contributed by atoms with Crippen molar-refractivity contribution in [3.05, 3.63) is 0 Å². The lowest BCUT2D eigenvalue weighted by molar-refractivity contribution is -0.0457. The highest BCUT2D eigenvalue weighted by Crippen LogP contribution is 2.37. The molecule has 0 aromatic rings. The predicted octanol–water partition coefficient (Wildman–Crippen LogP) is 22.5. The minimum Gasteiger partial charge on any atom is -0.390 e. The Bertz CT molecular complexity index is 760. The molecule has 2 unspecified atom stereocenters.